The van der Waals surface area contributed by atoms with Gasteiger partial charge >= 0.3 is 0 Å². The van der Waals surface area contributed by atoms with Crippen LogP contribution in [0.15, 0.2) is 0 Å². The van der Waals surface area contributed by atoms with Crippen LogP contribution >= 0.6 is 23.5 Å². The summed E-state index contributed by atoms with van der Waals surface area (Å²) in [5.74, 6) is 0. The van der Waals surface area contributed by atoms with Gasteiger partial charge in [-0.05, 0) is 6.92 Å². The molecule has 0 aliphatic heterocycles. The number of thioether (sulfide) groups is 2. The van der Waals surface area contributed by atoms with Crippen molar-refractivity contribution in [1.29, 1.82) is 0 Å². The summed E-state index contributed by atoms with van der Waals surface area (Å²) in [6, 6.07) is 0. The molecule has 4 heteroatoms. The maximum absolute atomic E-state index is 10.5. The zero-order valence-corrected chi connectivity index (χ0v) is 7.77. The van der Waals surface area contributed by atoms with E-state index < -0.39 is 0 Å². The van der Waals surface area contributed by atoms with E-state index in [0.717, 1.165) is 28.1 Å². The van der Waals surface area contributed by atoms with E-state index in [1.807, 2.05) is 0 Å². The molecule has 1 radical (unpaired) electrons. The molecule has 0 unspecified atom stereocenters. The molecule has 0 atom stereocenters. The molecule has 0 N–H and O–H groups in total. The van der Waals surface area contributed by atoms with Crippen molar-refractivity contribution in [1.82, 2.24) is 0 Å². The lowest BCUT2D eigenvalue weighted by atomic mass is 10.9. The SMILES string of the molecule is C[C](SC(C)=O)SC(C)=O. The zero-order valence-electron chi connectivity index (χ0n) is 6.13. The Bertz CT molecular complexity index is 129. The fourth-order valence-corrected chi connectivity index (χ4v) is 2.11. The van der Waals surface area contributed by atoms with Crippen LogP contribution in [0.3, 0.4) is 0 Å². The molecule has 57 valence electrons. The third-order valence-corrected chi connectivity index (χ3v) is 2.22. The predicted octanol–water partition coefficient (Wildman–Crippen LogP) is 2.06. The number of carbonyl (C=O) groups is 2. The van der Waals surface area contributed by atoms with Crippen molar-refractivity contribution in [2.45, 2.75) is 20.8 Å². The van der Waals surface area contributed by atoms with Gasteiger partial charge in [0, 0.05) is 13.8 Å². The highest BCUT2D eigenvalue weighted by Crippen LogP contribution is 2.31. The van der Waals surface area contributed by atoms with Crippen LogP contribution in [-0.4, -0.2) is 10.2 Å². The van der Waals surface area contributed by atoms with Crippen molar-refractivity contribution in [3.8, 4) is 0 Å². The zero-order chi connectivity index (χ0) is 8.15. The van der Waals surface area contributed by atoms with Gasteiger partial charge in [-0.15, -0.1) is 0 Å². The van der Waals surface area contributed by atoms with Crippen molar-refractivity contribution in [3.63, 3.8) is 0 Å². The van der Waals surface area contributed by atoms with Crippen LogP contribution in [0, 0.1) is 4.58 Å². The van der Waals surface area contributed by atoms with Gasteiger partial charge in [0.1, 0.15) is 0 Å². The van der Waals surface area contributed by atoms with E-state index >= 15 is 0 Å². The summed E-state index contributed by atoms with van der Waals surface area (Å²) in [5.41, 5.74) is 0. The Morgan fingerprint density at radius 1 is 0.900 bits per heavy atom. The third kappa shape index (κ3) is 6.16. The highest BCUT2D eigenvalue weighted by molar-refractivity contribution is 8.33. The minimum atomic E-state index is 0.0197. The predicted molar refractivity (Wildman–Crippen MR) is 45.5 cm³/mol. The maximum Gasteiger partial charge on any atom is 0.187 e. The molecule has 0 heterocycles. The van der Waals surface area contributed by atoms with Gasteiger partial charge in [0.15, 0.2) is 10.2 Å². The monoisotopic (exact) mass is 177 g/mol. The quantitative estimate of drug-likeness (QED) is 0.646. The molecule has 0 fully saturated rings. The van der Waals surface area contributed by atoms with Crippen LogP contribution in [0.2, 0.25) is 0 Å². The first-order chi connectivity index (χ1) is 4.52. The standard InChI is InChI=1S/C6H9O2S2/c1-4(7)9-6(3)10-5(2)8/h1-3H3. The Morgan fingerprint density at radius 3 is 1.40 bits per heavy atom. The van der Waals surface area contributed by atoms with Crippen LogP contribution in [0.1, 0.15) is 20.8 Å². The van der Waals surface area contributed by atoms with Crippen LogP contribution < -0.4 is 0 Å². The average Bonchev–Trinajstić information content (AvgIpc) is 1.58. The molecule has 0 saturated heterocycles. The molecular formula is C6H9O2S2. The summed E-state index contributed by atoms with van der Waals surface area (Å²) in [7, 11) is 0. The number of hydrogen-bond donors (Lipinski definition) is 0. The first-order valence-corrected chi connectivity index (χ1v) is 4.36. The molecule has 0 saturated carbocycles. The summed E-state index contributed by atoms with van der Waals surface area (Å²) in [5, 5.41) is 0.0394. The van der Waals surface area contributed by atoms with Crippen LogP contribution in [0.4, 0.5) is 0 Å². The van der Waals surface area contributed by atoms with E-state index in [9.17, 15) is 9.59 Å². The molecule has 0 aromatic heterocycles. The van der Waals surface area contributed by atoms with Gasteiger partial charge in [0.05, 0.1) is 4.58 Å². The molecule has 0 rings (SSSR count). The molecule has 2 nitrogen and oxygen atoms in total. The second-order valence-electron chi connectivity index (χ2n) is 1.68. The minimum absolute atomic E-state index is 0.0197. The van der Waals surface area contributed by atoms with E-state index in [2.05, 4.69) is 0 Å². The van der Waals surface area contributed by atoms with Crippen molar-refractivity contribution in [2.24, 2.45) is 0 Å². The van der Waals surface area contributed by atoms with Crippen molar-refractivity contribution < 1.29 is 9.59 Å². The Balaban J connectivity index is 3.53. The molecule has 0 bridgehead atoms. The highest BCUT2D eigenvalue weighted by atomic mass is 32.2. The summed E-state index contributed by atoms with van der Waals surface area (Å²) >= 11 is 2.21. The lowest BCUT2D eigenvalue weighted by molar-refractivity contribution is -0.109. The first-order valence-electron chi connectivity index (χ1n) is 2.72. The van der Waals surface area contributed by atoms with Gasteiger partial charge in [-0.25, -0.2) is 0 Å². The van der Waals surface area contributed by atoms with Gasteiger partial charge in [-0.3, -0.25) is 9.59 Å². The molecule has 0 spiro atoms. The van der Waals surface area contributed by atoms with Crippen LogP contribution in [0.5, 0.6) is 0 Å². The van der Waals surface area contributed by atoms with Crippen molar-refractivity contribution in [2.75, 3.05) is 0 Å². The van der Waals surface area contributed by atoms with E-state index in [-0.39, 0.29) is 10.2 Å². The maximum atomic E-state index is 10.5. The van der Waals surface area contributed by atoms with Gasteiger partial charge in [-0.1, -0.05) is 23.5 Å². The number of hydrogen-bond acceptors (Lipinski definition) is 4. The van der Waals surface area contributed by atoms with Gasteiger partial charge < -0.3 is 0 Å². The largest absolute Gasteiger partial charge is 0.287 e. The molecule has 0 aromatic carbocycles. The fraction of sp³-hybridized carbons (Fsp3) is 0.500. The normalized spacial score (nSPS) is 10.0. The number of rotatable bonds is 2. The summed E-state index contributed by atoms with van der Waals surface area (Å²) < 4.78 is 0.792. The fourth-order valence-electron chi connectivity index (χ4n) is 0.426. The number of carbonyl (C=O) groups excluding carboxylic acids is 2. The molecule has 0 aliphatic carbocycles. The summed E-state index contributed by atoms with van der Waals surface area (Å²) in [6.45, 7) is 4.72. The van der Waals surface area contributed by atoms with Crippen LogP contribution in [-0.2, 0) is 9.59 Å². The van der Waals surface area contributed by atoms with Crippen molar-refractivity contribution >= 4 is 33.8 Å². The lowest BCUT2D eigenvalue weighted by Crippen LogP contribution is -1.89. The summed E-state index contributed by atoms with van der Waals surface area (Å²) in [6.07, 6.45) is 0. The Morgan fingerprint density at radius 2 is 1.20 bits per heavy atom. The molecule has 0 aliphatic rings. The Hall–Kier alpha value is 0.0400. The minimum Gasteiger partial charge on any atom is -0.287 e. The lowest BCUT2D eigenvalue weighted by Gasteiger charge is -2.01. The van der Waals surface area contributed by atoms with Gasteiger partial charge in [0.2, 0.25) is 0 Å². The molecule has 10 heavy (non-hydrogen) atoms. The van der Waals surface area contributed by atoms with E-state index in [1.54, 1.807) is 6.92 Å². The Kier molecular flexibility index (Phi) is 4.81. The second kappa shape index (κ2) is 4.79. The molecule has 0 amide bonds. The van der Waals surface area contributed by atoms with Crippen molar-refractivity contribution in [3.05, 3.63) is 4.58 Å². The topological polar surface area (TPSA) is 34.1 Å². The highest BCUT2D eigenvalue weighted by Gasteiger charge is 2.09. The van der Waals surface area contributed by atoms with Gasteiger partial charge in [0.25, 0.3) is 0 Å². The van der Waals surface area contributed by atoms with Crippen LogP contribution in [0.25, 0.3) is 0 Å². The second-order valence-corrected chi connectivity index (χ2v) is 4.72. The Labute approximate surface area is 69.1 Å². The molecular weight excluding hydrogens is 168 g/mol. The summed E-state index contributed by atoms with van der Waals surface area (Å²) in [4.78, 5) is 20.9. The van der Waals surface area contributed by atoms with E-state index in [0.29, 0.717) is 0 Å². The average molecular weight is 177 g/mol. The van der Waals surface area contributed by atoms with Gasteiger partial charge in [-0.2, -0.15) is 0 Å². The molecule has 0 aromatic rings. The van der Waals surface area contributed by atoms with E-state index in [1.165, 1.54) is 13.8 Å². The van der Waals surface area contributed by atoms with E-state index in [4.69, 9.17) is 0 Å². The third-order valence-electron chi connectivity index (χ3n) is 0.575. The smallest absolute Gasteiger partial charge is 0.187 e. The first kappa shape index (κ1) is 10.0.